The van der Waals surface area contributed by atoms with Crippen molar-refractivity contribution in [1.29, 1.82) is 0 Å². The highest BCUT2D eigenvalue weighted by molar-refractivity contribution is 6.01. The molecule has 1 aromatic heterocycles. The molecule has 152 valence electrons. The topological polar surface area (TPSA) is 119 Å². The molecular weight excluding hydrogens is 386 g/mol. The van der Waals surface area contributed by atoms with E-state index in [4.69, 9.17) is 0 Å². The number of nitrogens with one attached hydrogen (secondary N) is 2. The number of hydrogen-bond donors (Lipinski definition) is 2. The lowest BCUT2D eigenvalue weighted by atomic mass is 10.2. The van der Waals surface area contributed by atoms with Crippen LogP contribution in [0.15, 0.2) is 60.7 Å². The predicted molar refractivity (Wildman–Crippen MR) is 113 cm³/mol. The monoisotopic (exact) mass is 405 g/mol. The Labute approximate surface area is 172 Å². The Morgan fingerprint density at radius 2 is 1.73 bits per heavy atom. The molecule has 0 fully saturated rings. The third-order valence-corrected chi connectivity index (χ3v) is 4.05. The summed E-state index contributed by atoms with van der Waals surface area (Å²) in [5.41, 5.74) is 2.70. The minimum atomic E-state index is -0.478. The standard InChI is InChI=1S/C21H19N5O4/c1-14-13-20(25(24-14)18-8-10-19(11-9-18)26(29)30)23-21(28)12-5-16-3-6-17(7-4-16)22-15(2)27/h3-13H,1-2H3,(H,22,27)(H,23,28)/b12-5+. The molecule has 3 rings (SSSR count). The molecule has 0 atom stereocenters. The molecule has 2 aromatic carbocycles. The first kappa shape index (κ1) is 20.5. The summed E-state index contributed by atoms with van der Waals surface area (Å²) in [5, 5.41) is 20.6. The Balaban J connectivity index is 1.72. The molecule has 0 radical (unpaired) electrons. The van der Waals surface area contributed by atoms with E-state index in [0.717, 1.165) is 5.56 Å². The first-order chi connectivity index (χ1) is 14.3. The number of aromatic nitrogens is 2. The third kappa shape index (κ3) is 5.16. The first-order valence-corrected chi connectivity index (χ1v) is 9.00. The molecule has 0 saturated heterocycles. The number of carbonyl (C=O) groups excluding carboxylic acids is 2. The summed E-state index contributed by atoms with van der Waals surface area (Å²) < 4.78 is 1.51. The van der Waals surface area contributed by atoms with E-state index in [2.05, 4.69) is 15.7 Å². The van der Waals surface area contributed by atoms with Gasteiger partial charge in [-0.3, -0.25) is 19.7 Å². The zero-order chi connectivity index (χ0) is 21.7. The minimum Gasteiger partial charge on any atom is -0.326 e. The molecular formula is C21H19N5O4. The Kier molecular flexibility index (Phi) is 6.02. The summed E-state index contributed by atoms with van der Waals surface area (Å²) in [7, 11) is 0. The summed E-state index contributed by atoms with van der Waals surface area (Å²) in [6.07, 6.45) is 3.03. The number of hydrogen-bond acceptors (Lipinski definition) is 5. The van der Waals surface area contributed by atoms with Gasteiger partial charge in [-0.25, -0.2) is 4.68 Å². The van der Waals surface area contributed by atoms with Gasteiger partial charge in [0.1, 0.15) is 5.82 Å². The van der Waals surface area contributed by atoms with Crippen molar-refractivity contribution in [2.45, 2.75) is 13.8 Å². The number of rotatable bonds is 6. The van der Waals surface area contributed by atoms with E-state index < -0.39 is 4.92 Å². The van der Waals surface area contributed by atoms with Crippen molar-refractivity contribution in [3.05, 3.63) is 82.0 Å². The molecule has 0 aliphatic rings. The number of nitro groups is 1. The molecule has 0 aliphatic carbocycles. The van der Waals surface area contributed by atoms with Gasteiger partial charge in [0.05, 0.1) is 16.3 Å². The van der Waals surface area contributed by atoms with Crippen molar-refractivity contribution in [1.82, 2.24) is 9.78 Å². The lowest BCUT2D eigenvalue weighted by Crippen LogP contribution is -2.12. The quantitative estimate of drug-likeness (QED) is 0.368. The molecule has 30 heavy (non-hydrogen) atoms. The normalized spacial score (nSPS) is 10.7. The van der Waals surface area contributed by atoms with Crippen LogP contribution in [0.4, 0.5) is 17.2 Å². The van der Waals surface area contributed by atoms with Gasteiger partial charge in [0.25, 0.3) is 5.69 Å². The van der Waals surface area contributed by atoms with Crippen molar-refractivity contribution >= 4 is 35.1 Å². The number of nitrogens with zero attached hydrogens (tertiary/aromatic N) is 3. The smallest absolute Gasteiger partial charge is 0.269 e. The minimum absolute atomic E-state index is 0.0272. The maximum absolute atomic E-state index is 12.3. The second-order valence-corrected chi connectivity index (χ2v) is 6.48. The fraction of sp³-hybridized carbons (Fsp3) is 0.0952. The van der Waals surface area contributed by atoms with E-state index in [9.17, 15) is 19.7 Å². The van der Waals surface area contributed by atoms with E-state index >= 15 is 0 Å². The van der Waals surface area contributed by atoms with Gasteiger partial charge in [-0.2, -0.15) is 5.10 Å². The Bertz CT molecular complexity index is 1120. The average Bonchev–Trinajstić information content (AvgIpc) is 3.07. The molecule has 1 heterocycles. The number of nitro benzene ring substituents is 1. The van der Waals surface area contributed by atoms with Crippen LogP contribution in [-0.4, -0.2) is 26.5 Å². The van der Waals surface area contributed by atoms with Gasteiger partial charge in [0.2, 0.25) is 11.8 Å². The largest absolute Gasteiger partial charge is 0.326 e. The molecule has 0 unspecified atom stereocenters. The zero-order valence-electron chi connectivity index (χ0n) is 16.3. The predicted octanol–water partition coefficient (Wildman–Crippen LogP) is 3.70. The molecule has 0 aliphatic heterocycles. The van der Waals surface area contributed by atoms with E-state index in [-0.39, 0.29) is 17.5 Å². The number of non-ortho nitro benzene ring substituents is 1. The number of carbonyl (C=O) groups is 2. The molecule has 2 N–H and O–H groups in total. The van der Waals surface area contributed by atoms with Crippen molar-refractivity contribution in [3.63, 3.8) is 0 Å². The fourth-order valence-electron chi connectivity index (χ4n) is 2.72. The van der Waals surface area contributed by atoms with E-state index in [1.54, 1.807) is 55.5 Å². The van der Waals surface area contributed by atoms with E-state index in [1.807, 2.05) is 0 Å². The van der Waals surface area contributed by atoms with Gasteiger partial charge in [0.15, 0.2) is 0 Å². The van der Waals surface area contributed by atoms with Crippen LogP contribution in [0.3, 0.4) is 0 Å². The van der Waals surface area contributed by atoms with Crippen molar-refractivity contribution in [2.24, 2.45) is 0 Å². The van der Waals surface area contributed by atoms with Crippen LogP contribution in [0.2, 0.25) is 0 Å². The van der Waals surface area contributed by atoms with E-state index in [0.29, 0.717) is 22.9 Å². The number of amides is 2. The van der Waals surface area contributed by atoms with Crippen molar-refractivity contribution in [2.75, 3.05) is 10.6 Å². The molecule has 2 amide bonds. The van der Waals surface area contributed by atoms with Crippen LogP contribution < -0.4 is 10.6 Å². The van der Waals surface area contributed by atoms with Gasteiger partial charge < -0.3 is 10.6 Å². The number of benzene rings is 2. The van der Waals surface area contributed by atoms with Crippen molar-refractivity contribution < 1.29 is 14.5 Å². The Hall–Kier alpha value is -4.27. The van der Waals surface area contributed by atoms with Gasteiger partial charge in [0, 0.05) is 36.9 Å². The third-order valence-electron chi connectivity index (χ3n) is 4.05. The first-order valence-electron chi connectivity index (χ1n) is 9.00. The fourth-order valence-corrected chi connectivity index (χ4v) is 2.72. The van der Waals surface area contributed by atoms with Crippen LogP contribution in [0.5, 0.6) is 0 Å². The van der Waals surface area contributed by atoms with Gasteiger partial charge in [-0.1, -0.05) is 12.1 Å². The average molecular weight is 405 g/mol. The second-order valence-electron chi connectivity index (χ2n) is 6.48. The van der Waals surface area contributed by atoms with Crippen LogP contribution in [-0.2, 0) is 9.59 Å². The molecule has 3 aromatic rings. The maximum atomic E-state index is 12.3. The van der Waals surface area contributed by atoms with Gasteiger partial charge >= 0.3 is 0 Å². The number of aryl methyl sites for hydroxylation is 1. The molecule has 9 heteroatoms. The van der Waals surface area contributed by atoms with Crippen molar-refractivity contribution in [3.8, 4) is 5.69 Å². The second kappa shape index (κ2) is 8.82. The summed E-state index contributed by atoms with van der Waals surface area (Å²) in [6.45, 7) is 3.21. The summed E-state index contributed by atoms with van der Waals surface area (Å²) in [6, 6.07) is 14.6. The van der Waals surface area contributed by atoms with Crippen LogP contribution in [0.25, 0.3) is 11.8 Å². The number of anilines is 2. The van der Waals surface area contributed by atoms with Crippen LogP contribution >= 0.6 is 0 Å². The van der Waals surface area contributed by atoms with Gasteiger partial charge in [-0.15, -0.1) is 0 Å². The zero-order valence-corrected chi connectivity index (χ0v) is 16.3. The SMILES string of the molecule is CC(=O)Nc1ccc(/C=C/C(=O)Nc2cc(C)nn2-c2ccc([N+](=O)[O-])cc2)cc1. The highest BCUT2D eigenvalue weighted by Crippen LogP contribution is 2.20. The molecule has 0 spiro atoms. The molecule has 0 saturated carbocycles. The summed E-state index contributed by atoms with van der Waals surface area (Å²) in [4.78, 5) is 33.7. The van der Waals surface area contributed by atoms with Crippen LogP contribution in [0.1, 0.15) is 18.2 Å². The highest BCUT2D eigenvalue weighted by Gasteiger charge is 2.11. The summed E-state index contributed by atoms with van der Waals surface area (Å²) in [5.74, 6) is -0.0707. The van der Waals surface area contributed by atoms with Gasteiger partial charge in [-0.05, 0) is 42.8 Å². The molecule has 0 bridgehead atoms. The Morgan fingerprint density at radius 1 is 1.07 bits per heavy atom. The maximum Gasteiger partial charge on any atom is 0.269 e. The lowest BCUT2D eigenvalue weighted by molar-refractivity contribution is -0.384. The molecule has 9 nitrogen and oxygen atoms in total. The lowest BCUT2D eigenvalue weighted by Gasteiger charge is -2.07. The highest BCUT2D eigenvalue weighted by atomic mass is 16.6. The van der Waals surface area contributed by atoms with Crippen LogP contribution in [0, 0.1) is 17.0 Å². The summed E-state index contributed by atoms with van der Waals surface area (Å²) >= 11 is 0. The van der Waals surface area contributed by atoms with E-state index in [1.165, 1.54) is 29.8 Å². The Morgan fingerprint density at radius 3 is 2.33 bits per heavy atom.